The lowest BCUT2D eigenvalue weighted by atomic mass is 10.0. The molecule has 1 rings (SSSR count). The zero-order chi connectivity index (χ0) is 8.59. The highest BCUT2D eigenvalue weighted by atomic mass is 16.6. The molecule has 1 aliphatic rings. The van der Waals surface area contributed by atoms with E-state index < -0.39 is 30.7 Å². The van der Waals surface area contributed by atoms with Crippen LogP contribution in [0.4, 0.5) is 0 Å². The topological polar surface area (TPSA) is 90.2 Å². The van der Waals surface area contributed by atoms with Crippen LogP contribution in [0.1, 0.15) is 6.92 Å². The molecule has 1 fully saturated rings. The van der Waals surface area contributed by atoms with E-state index in [1.165, 1.54) is 6.92 Å². The van der Waals surface area contributed by atoms with Gasteiger partial charge in [-0.3, -0.25) is 0 Å². The van der Waals surface area contributed by atoms with Crippen molar-refractivity contribution < 1.29 is 25.2 Å². The van der Waals surface area contributed by atoms with Gasteiger partial charge < -0.3 is 25.2 Å². The number of aliphatic hydroxyl groups excluding tert-OH is 4. The highest BCUT2D eigenvalue weighted by Crippen LogP contribution is 2.18. The fourth-order valence-electron chi connectivity index (χ4n) is 1.03. The first-order valence-electron chi connectivity index (χ1n) is 3.41. The van der Waals surface area contributed by atoms with Gasteiger partial charge in [0.25, 0.3) is 0 Å². The molecule has 0 spiro atoms. The Morgan fingerprint density at radius 1 is 0.909 bits per heavy atom. The third-order valence-corrected chi connectivity index (χ3v) is 1.83. The van der Waals surface area contributed by atoms with Crippen LogP contribution in [-0.4, -0.2) is 51.1 Å². The number of aliphatic hydroxyl groups is 4. The number of hydrogen-bond acceptors (Lipinski definition) is 5. The first-order chi connectivity index (χ1) is 5.04. The summed E-state index contributed by atoms with van der Waals surface area (Å²) in [6, 6.07) is 0. The Balaban J connectivity index is 2.63. The molecule has 4 N–H and O–H groups in total. The number of ether oxygens (including phenoxy) is 1. The van der Waals surface area contributed by atoms with E-state index in [1.54, 1.807) is 0 Å². The summed E-state index contributed by atoms with van der Waals surface area (Å²) < 4.78 is 4.68. The van der Waals surface area contributed by atoms with Crippen molar-refractivity contribution in [1.29, 1.82) is 0 Å². The summed E-state index contributed by atoms with van der Waals surface area (Å²) in [7, 11) is 0. The molecule has 66 valence electrons. The van der Waals surface area contributed by atoms with Crippen molar-refractivity contribution in [3.63, 3.8) is 0 Å². The second-order valence-electron chi connectivity index (χ2n) is 2.70. The zero-order valence-corrected chi connectivity index (χ0v) is 6.08. The van der Waals surface area contributed by atoms with E-state index in [1.807, 2.05) is 0 Å². The summed E-state index contributed by atoms with van der Waals surface area (Å²) in [4.78, 5) is 0. The molecule has 0 amide bonds. The number of rotatable bonds is 0. The second-order valence-corrected chi connectivity index (χ2v) is 2.70. The molecular formula is C6H12O5. The molecule has 1 saturated heterocycles. The minimum Gasteiger partial charge on any atom is -0.388 e. The molecule has 0 aromatic carbocycles. The van der Waals surface area contributed by atoms with Gasteiger partial charge in [-0.1, -0.05) is 0 Å². The SMILES string of the molecule is C[C@@H]1OC(O)[C@@H](O)[C@@H](O)C1O. The first-order valence-corrected chi connectivity index (χ1v) is 3.41. The Morgan fingerprint density at radius 2 is 1.45 bits per heavy atom. The fraction of sp³-hybridized carbons (Fsp3) is 1.00. The predicted molar refractivity (Wildman–Crippen MR) is 34.6 cm³/mol. The van der Waals surface area contributed by atoms with Crippen LogP contribution >= 0.6 is 0 Å². The van der Waals surface area contributed by atoms with Crippen LogP contribution in [0.5, 0.6) is 0 Å². The Labute approximate surface area is 63.8 Å². The fourth-order valence-corrected chi connectivity index (χ4v) is 1.03. The van der Waals surface area contributed by atoms with Gasteiger partial charge in [-0.25, -0.2) is 0 Å². The van der Waals surface area contributed by atoms with Crippen LogP contribution in [0.15, 0.2) is 0 Å². The molecule has 1 aliphatic heterocycles. The maximum Gasteiger partial charge on any atom is 0.183 e. The van der Waals surface area contributed by atoms with Crippen molar-refractivity contribution in [2.45, 2.75) is 37.6 Å². The molecule has 5 atom stereocenters. The minimum atomic E-state index is -1.43. The number of hydrogen-bond donors (Lipinski definition) is 4. The lowest BCUT2D eigenvalue weighted by Crippen LogP contribution is -2.56. The average molecular weight is 164 g/mol. The quantitative estimate of drug-likeness (QED) is 0.326. The molecule has 0 saturated carbocycles. The maximum atomic E-state index is 9.09. The zero-order valence-electron chi connectivity index (χ0n) is 6.08. The summed E-state index contributed by atoms with van der Waals surface area (Å²) in [5.41, 5.74) is 0. The maximum absolute atomic E-state index is 9.09. The van der Waals surface area contributed by atoms with Crippen molar-refractivity contribution in [3.8, 4) is 0 Å². The van der Waals surface area contributed by atoms with E-state index in [-0.39, 0.29) is 0 Å². The normalized spacial score (nSPS) is 52.6. The largest absolute Gasteiger partial charge is 0.388 e. The molecule has 0 bridgehead atoms. The summed E-state index contributed by atoms with van der Waals surface area (Å²) in [5, 5.41) is 36.0. The standard InChI is InChI=1S/C6H12O5/c1-2-3(7)4(8)5(9)6(10)11-2/h2-10H,1H3/t2-,3?,4-,5-,6?/m0/s1. The molecule has 0 radical (unpaired) electrons. The highest BCUT2D eigenvalue weighted by molar-refractivity contribution is 4.86. The molecule has 11 heavy (non-hydrogen) atoms. The molecule has 0 aliphatic carbocycles. The predicted octanol–water partition coefficient (Wildman–Crippen LogP) is -2.19. The molecule has 0 aromatic rings. The van der Waals surface area contributed by atoms with Crippen LogP contribution in [0.3, 0.4) is 0 Å². The monoisotopic (exact) mass is 164 g/mol. The Bertz CT molecular complexity index is 125. The van der Waals surface area contributed by atoms with Gasteiger partial charge in [0.15, 0.2) is 6.29 Å². The summed E-state index contributed by atoms with van der Waals surface area (Å²) in [5.74, 6) is 0. The molecule has 1 heterocycles. The molecule has 5 nitrogen and oxygen atoms in total. The lowest BCUT2D eigenvalue weighted by molar-refractivity contribution is -0.277. The van der Waals surface area contributed by atoms with Crippen molar-refractivity contribution in [2.75, 3.05) is 0 Å². The van der Waals surface area contributed by atoms with Crippen molar-refractivity contribution in [2.24, 2.45) is 0 Å². The second kappa shape index (κ2) is 3.04. The Kier molecular flexibility index (Phi) is 2.46. The summed E-state index contributed by atoms with van der Waals surface area (Å²) in [6.07, 6.45) is -5.99. The van der Waals surface area contributed by atoms with Gasteiger partial charge in [0.05, 0.1) is 6.10 Å². The van der Waals surface area contributed by atoms with Crippen molar-refractivity contribution in [1.82, 2.24) is 0 Å². The third-order valence-electron chi connectivity index (χ3n) is 1.83. The molecule has 2 unspecified atom stereocenters. The molecule has 5 heteroatoms. The van der Waals surface area contributed by atoms with Gasteiger partial charge >= 0.3 is 0 Å². The van der Waals surface area contributed by atoms with Gasteiger partial charge in [-0.15, -0.1) is 0 Å². The van der Waals surface area contributed by atoms with E-state index in [2.05, 4.69) is 4.74 Å². The van der Waals surface area contributed by atoms with E-state index in [9.17, 15) is 0 Å². The lowest BCUT2D eigenvalue weighted by Gasteiger charge is -2.36. The van der Waals surface area contributed by atoms with Crippen LogP contribution in [-0.2, 0) is 4.74 Å². The highest BCUT2D eigenvalue weighted by Gasteiger charge is 2.40. The van der Waals surface area contributed by atoms with Crippen LogP contribution in [0.2, 0.25) is 0 Å². The summed E-state index contributed by atoms with van der Waals surface area (Å²) >= 11 is 0. The van der Waals surface area contributed by atoms with Crippen LogP contribution in [0, 0.1) is 0 Å². The minimum absolute atomic E-state index is 0.664. The van der Waals surface area contributed by atoms with Gasteiger partial charge in [0, 0.05) is 0 Å². The average Bonchev–Trinajstić information content (AvgIpc) is 1.97. The van der Waals surface area contributed by atoms with E-state index in [0.717, 1.165) is 0 Å². The van der Waals surface area contributed by atoms with Gasteiger partial charge in [-0.05, 0) is 6.92 Å². The first kappa shape index (κ1) is 8.89. The van der Waals surface area contributed by atoms with Crippen molar-refractivity contribution in [3.05, 3.63) is 0 Å². The smallest absolute Gasteiger partial charge is 0.183 e. The third kappa shape index (κ3) is 1.52. The van der Waals surface area contributed by atoms with Gasteiger partial charge in [0.1, 0.15) is 18.3 Å². The van der Waals surface area contributed by atoms with E-state index in [0.29, 0.717) is 0 Å². The Morgan fingerprint density at radius 3 is 2.00 bits per heavy atom. The molecule has 0 aromatic heterocycles. The summed E-state index contributed by atoms with van der Waals surface area (Å²) in [6.45, 7) is 1.50. The van der Waals surface area contributed by atoms with Gasteiger partial charge in [0.2, 0.25) is 0 Å². The van der Waals surface area contributed by atoms with E-state index >= 15 is 0 Å². The Hall–Kier alpha value is -0.200. The van der Waals surface area contributed by atoms with Gasteiger partial charge in [-0.2, -0.15) is 0 Å². The van der Waals surface area contributed by atoms with Crippen molar-refractivity contribution >= 4 is 0 Å². The van der Waals surface area contributed by atoms with Crippen LogP contribution < -0.4 is 0 Å². The van der Waals surface area contributed by atoms with Crippen LogP contribution in [0.25, 0.3) is 0 Å². The molecular weight excluding hydrogens is 152 g/mol. The van der Waals surface area contributed by atoms with E-state index in [4.69, 9.17) is 20.4 Å².